The van der Waals surface area contributed by atoms with E-state index in [0.29, 0.717) is 16.7 Å². The van der Waals surface area contributed by atoms with Gasteiger partial charge in [0.15, 0.2) is 0 Å². The summed E-state index contributed by atoms with van der Waals surface area (Å²) < 4.78 is 2.22. The number of aromatic carboxylic acids is 1. The number of hydrogen-bond donors (Lipinski definition) is 1. The molecule has 0 radical (unpaired) electrons. The maximum Gasteiger partial charge on any atom is 0.335 e. The topological polar surface area (TPSA) is 55.1 Å². The highest BCUT2D eigenvalue weighted by atomic mass is 32.2. The number of carbonyl (C=O) groups is 1. The second-order valence-electron chi connectivity index (χ2n) is 5.41. The van der Waals surface area contributed by atoms with Crippen LogP contribution >= 0.6 is 11.8 Å². The van der Waals surface area contributed by atoms with Gasteiger partial charge in [-0.15, -0.1) is 0 Å². The fourth-order valence-corrected chi connectivity index (χ4v) is 2.75. The molecular formula is C15H18N2O2S. The van der Waals surface area contributed by atoms with Crippen molar-refractivity contribution in [2.45, 2.75) is 37.5 Å². The minimum atomic E-state index is -0.884. The predicted octanol–water partition coefficient (Wildman–Crippen LogP) is 3.36. The average Bonchev–Trinajstić information content (AvgIpc) is 3.22. The van der Waals surface area contributed by atoms with Crippen LogP contribution in [0, 0.1) is 0 Å². The van der Waals surface area contributed by atoms with Crippen LogP contribution < -0.4 is 0 Å². The van der Waals surface area contributed by atoms with E-state index in [4.69, 9.17) is 10.1 Å². The third kappa shape index (κ3) is 2.42. The molecule has 0 saturated heterocycles. The molecule has 1 saturated carbocycles. The van der Waals surface area contributed by atoms with Gasteiger partial charge in [0.2, 0.25) is 0 Å². The van der Waals surface area contributed by atoms with E-state index in [2.05, 4.69) is 17.7 Å². The maximum atomic E-state index is 11.2. The lowest BCUT2D eigenvalue weighted by Crippen LogP contribution is -2.12. The number of nitrogens with zero attached hydrogens (tertiary/aromatic N) is 2. The van der Waals surface area contributed by atoms with E-state index in [1.165, 1.54) is 12.8 Å². The normalized spacial score (nSPS) is 16.5. The molecule has 5 heteroatoms. The highest BCUT2D eigenvalue weighted by molar-refractivity contribution is 7.99. The predicted molar refractivity (Wildman–Crippen MR) is 81.6 cm³/mol. The van der Waals surface area contributed by atoms with Crippen molar-refractivity contribution in [2.24, 2.45) is 0 Å². The standard InChI is InChI=1S/C15H18N2O2S/c1-9(20-2)8-17-13-7-11(15(18)19)5-6-12(13)16-14(17)10-3-4-10/h5-7,9-10H,3-4,8H2,1-2H3,(H,18,19). The Bertz CT molecular complexity index is 661. The van der Waals surface area contributed by atoms with Crippen LogP contribution in [0.5, 0.6) is 0 Å². The molecule has 1 unspecified atom stereocenters. The van der Waals surface area contributed by atoms with Crippen LogP contribution in [-0.4, -0.2) is 32.1 Å². The van der Waals surface area contributed by atoms with Gasteiger partial charge in [0.25, 0.3) is 0 Å². The van der Waals surface area contributed by atoms with Crippen molar-refractivity contribution in [2.75, 3.05) is 6.26 Å². The summed E-state index contributed by atoms with van der Waals surface area (Å²) in [4.78, 5) is 15.9. The number of fused-ring (bicyclic) bond motifs is 1. The number of imidazole rings is 1. The minimum Gasteiger partial charge on any atom is -0.478 e. The smallest absolute Gasteiger partial charge is 0.335 e. The third-order valence-electron chi connectivity index (χ3n) is 3.81. The molecule has 1 aliphatic carbocycles. The largest absolute Gasteiger partial charge is 0.478 e. The van der Waals surface area contributed by atoms with Gasteiger partial charge in [-0.1, -0.05) is 6.92 Å². The number of carboxylic acids is 1. The first-order chi connectivity index (χ1) is 9.60. The van der Waals surface area contributed by atoms with Crippen LogP contribution in [0.2, 0.25) is 0 Å². The Morgan fingerprint density at radius 1 is 1.55 bits per heavy atom. The molecule has 1 aliphatic rings. The van der Waals surface area contributed by atoms with Crippen molar-refractivity contribution >= 4 is 28.8 Å². The third-order valence-corrected chi connectivity index (χ3v) is 4.76. The van der Waals surface area contributed by atoms with Gasteiger partial charge in [-0.3, -0.25) is 0 Å². The first-order valence-corrected chi connectivity index (χ1v) is 8.15. The van der Waals surface area contributed by atoms with E-state index < -0.39 is 5.97 Å². The van der Waals surface area contributed by atoms with E-state index in [0.717, 1.165) is 23.4 Å². The van der Waals surface area contributed by atoms with Crippen molar-refractivity contribution in [3.05, 3.63) is 29.6 Å². The summed E-state index contributed by atoms with van der Waals surface area (Å²) in [5.74, 6) is 0.804. The van der Waals surface area contributed by atoms with Gasteiger partial charge in [0.05, 0.1) is 16.6 Å². The van der Waals surface area contributed by atoms with Crippen LogP contribution in [0.1, 0.15) is 41.9 Å². The molecule has 1 fully saturated rings. The molecule has 1 aromatic carbocycles. The lowest BCUT2D eigenvalue weighted by molar-refractivity contribution is 0.0697. The molecule has 0 spiro atoms. The fraction of sp³-hybridized carbons (Fsp3) is 0.467. The second-order valence-corrected chi connectivity index (χ2v) is 6.69. The van der Waals surface area contributed by atoms with Crippen molar-refractivity contribution < 1.29 is 9.90 Å². The monoisotopic (exact) mass is 290 g/mol. The highest BCUT2D eigenvalue weighted by Gasteiger charge is 2.30. The van der Waals surface area contributed by atoms with E-state index in [1.54, 1.807) is 12.1 Å². The van der Waals surface area contributed by atoms with E-state index >= 15 is 0 Å². The Hall–Kier alpha value is -1.49. The van der Waals surface area contributed by atoms with Gasteiger partial charge < -0.3 is 9.67 Å². The zero-order valence-corrected chi connectivity index (χ0v) is 12.5. The Kier molecular flexibility index (Phi) is 3.46. The summed E-state index contributed by atoms with van der Waals surface area (Å²) >= 11 is 1.82. The quantitative estimate of drug-likeness (QED) is 0.917. The molecule has 1 aromatic heterocycles. The Morgan fingerprint density at radius 2 is 2.30 bits per heavy atom. The van der Waals surface area contributed by atoms with Crippen LogP contribution in [0.3, 0.4) is 0 Å². The van der Waals surface area contributed by atoms with Gasteiger partial charge in [-0.2, -0.15) is 11.8 Å². The highest BCUT2D eigenvalue weighted by Crippen LogP contribution is 2.41. The maximum absolute atomic E-state index is 11.2. The van der Waals surface area contributed by atoms with E-state index in [1.807, 2.05) is 17.8 Å². The van der Waals surface area contributed by atoms with Crippen LogP contribution in [0.25, 0.3) is 11.0 Å². The number of thioether (sulfide) groups is 1. The number of hydrogen-bond acceptors (Lipinski definition) is 3. The van der Waals surface area contributed by atoms with E-state index in [9.17, 15) is 4.79 Å². The SMILES string of the molecule is CSC(C)Cn1c(C2CC2)nc2ccc(C(=O)O)cc21. The molecule has 4 nitrogen and oxygen atoms in total. The zero-order chi connectivity index (χ0) is 14.3. The molecule has 0 bridgehead atoms. The lowest BCUT2D eigenvalue weighted by atomic mass is 10.2. The Morgan fingerprint density at radius 3 is 2.90 bits per heavy atom. The first-order valence-electron chi connectivity index (χ1n) is 6.86. The number of rotatable bonds is 5. The molecule has 20 heavy (non-hydrogen) atoms. The van der Waals surface area contributed by atoms with Crippen molar-refractivity contribution in [3.63, 3.8) is 0 Å². The molecular weight excluding hydrogens is 272 g/mol. The summed E-state index contributed by atoms with van der Waals surface area (Å²) in [6.07, 6.45) is 4.49. The molecule has 0 amide bonds. The summed E-state index contributed by atoms with van der Waals surface area (Å²) in [6.45, 7) is 3.07. The van der Waals surface area contributed by atoms with Crippen molar-refractivity contribution in [1.82, 2.24) is 9.55 Å². The molecule has 3 rings (SSSR count). The van der Waals surface area contributed by atoms with Gasteiger partial charge >= 0.3 is 5.97 Å². The van der Waals surface area contributed by atoms with Gasteiger partial charge in [-0.25, -0.2) is 9.78 Å². The Balaban J connectivity index is 2.12. The molecule has 0 aliphatic heterocycles. The van der Waals surface area contributed by atoms with E-state index in [-0.39, 0.29) is 0 Å². The van der Waals surface area contributed by atoms with Crippen LogP contribution in [0.4, 0.5) is 0 Å². The minimum absolute atomic E-state index is 0.331. The number of aromatic nitrogens is 2. The number of carboxylic acid groups (broad SMARTS) is 1. The summed E-state index contributed by atoms with van der Waals surface area (Å²) in [6, 6.07) is 5.21. The molecule has 2 aromatic rings. The first kappa shape index (κ1) is 13.5. The molecule has 1 atom stereocenters. The molecule has 1 N–H and O–H groups in total. The zero-order valence-electron chi connectivity index (χ0n) is 11.7. The van der Waals surface area contributed by atoms with Crippen molar-refractivity contribution in [1.29, 1.82) is 0 Å². The lowest BCUT2D eigenvalue weighted by Gasteiger charge is -2.13. The second kappa shape index (κ2) is 5.13. The van der Waals surface area contributed by atoms with Crippen LogP contribution in [0.15, 0.2) is 18.2 Å². The Labute approximate surface area is 122 Å². The number of benzene rings is 1. The summed E-state index contributed by atoms with van der Waals surface area (Å²) in [5.41, 5.74) is 2.19. The van der Waals surface area contributed by atoms with Gasteiger partial charge in [0, 0.05) is 17.7 Å². The summed E-state index contributed by atoms with van der Waals surface area (Å²) in [7, 11) is 0. The average molecular weight is 290 g/mol. The summed E-state index contributed by atoms with van der Waals surface area (Å²) in [5, 5.41) is 9.64. The fourth-order valence-electron chi connectivity index (χ4n) is 2.45. The molecule has 106 valence electrons. The molecule has 1 heterocycles. The van der Waals surface area contributed by atoms with Crippen LogP contribution in [-0.2, 0) is 6.54 Å². The van der Waals surface area contributed by atoms with Gasteiger partial charge in [-0.05, 0) is 37.3 Å². The van der Waals surface area contributed by atoms with Crippen molar-refractivity contribution in [3.8, 4) is 0 Å². The van der Waals surface area contributed by atoms with Gasteiger partial charge in [0.1, 0.15) is 5.82 Å².